The van der Waals surface area contributed by atoms with Crippen LogP contribution in [0.1, 0.15) is 12.8 Å². The average molecular weight is 347 g/mol. The molecule has 0 aliphatic carbocycles. The van der Waals surface area contributed by atoms with Crippen LogP contribution in [0.5, 0.6) is 0 Å². The zero-order chi connectivity index (χ0) is 14.9. The molecule has 1 spiro atoms. The first kappa shape index (κ1) is 15.3. The minimum atomic E-state index is -0.389. The van der Waals surface area contributed by atoms with E-state index in [1.165, 1.54) is 0 Å². The van der Waals surface area contributed by atoms with Crippen LogP contribution in [-0.4, -0.2) is 42.1 Å². The van der Waals surface area contributed by atoms with Gasteiger partial charge in [0.05, 0.1) is 23.9 Å². The number of nitrogens with zero attached hydrogens (tertiary/aromatic N) is 1. The van der Waals surface area contributed by atoms with Gasteiger partial charge in [0.25, 0.3) is 0 Å². The maximum atomic E-state index is 6.14. The molecule has 4 nitrogen and oxygen atoms in total. The molecule has 0 bridgehead atoms. The van der Waals surface area contributed by atoms with Gasteiger partial charge in [0.15, 0.2) is 10.9 Å². The van der Waals surface area contributed by atoms with Crippen LogP contribution in [0, 0.1) is 0 Å². The topological polar surface area (TPSA) is 33.7 Å². The highest BCUT2D eigenvalue weighted by atomic mass is 35.5. The van der Waals surface area contributed by atoms with Crippen LogP contribution in [0.3, 0.4) is 0 Å². The molecule has 21 heavy (non-hydrogen) atoms. The third kappa shape index (κ3) is 3.43. The van der Waals surface area contributed by atoms with E-state index in [9.17, 15) is 0 Å². The fraction of sp³-hybridized carbons (Fsp3) is 0.500. The van der Waals surface area contributed by atoms with Crippen LogP contribution in [-0.2, 0) is 9.47 Å². The summed E-state index contributed by atoms with van der Waals surface area (Å²) in [5, 5.41) is 5.02. The third-order valence-corrected chi connectivity index (χ3v) is 4.72. The molecule has 0 amide bonds. The first-order valence-corrected chi connectivity index (χ1v) is 8.03. The first-order chi connectivity index (χ1) is 10.1. The Balaban J connectivity index is 1.60. The number of halogens is 2. The van der Waals surface area contributed by atoms with Crippen molar-refractivity contribution in [2.24, 2.45) is 0 Å². The Morgan fingerprint density at radius 2 is 1.86 bits per heavy atom. The molecule has 0 saturated carbocycles. The van der Waals surface area contributed by atoms with E-state index in [-0.39, 0.29) is 5.79 Å². The summed E-state index contributed by atoms with van der Waals surface area (Å²) >= 11 is 17.6. The van der Waals surface area contributed by atoms with Gasteiger partial charge in [-0.3, -0.25) is 0 Å². The Kier molecular flexibility index (Phi) is 4.57. The van der Waals surface area contributed by atoms with Crippen molar-refractivity contribution in [1.82, 2.24) is 4.90 Å². The molecule has 1 aromatic rings. The van der Waals surface area contributed by atoms with Crippen LogP contribution in [0.25, 0.3) is 0 Å². The van der Waals surface area contributed by atoms with Gasteiger partial charge in [0, 0.05) is 31.0 Å². The number of piperidine rings is 1. The predicted octanol–water partition coefficient (Wildman–Crippen LogP) is 3.53. The number of likely N-dealkylation sites (tertiary alicyclic amines) is 1. The Morgan fingerprint density at radius 3 is 2.52 bits per heavy atom. The largest absolute Gasteiger partial charge is 0.349 e. The summed E-state index contributed by atoms with van der Waals surface area (Å²) in [5.41, 5.74) is 0.725. The Labute approximate surface area is 139 Å². The van der Waals surface area contributed by atoms with Crippen molar-refractivity contribution < 1.29 is 9.47 Å². The van der Waals surface area contributed by atoms with Crippen LogP contribution < -0.4 is 5.32 Å². The molecule has 2 aliphatic rings. The van der Waals surface area contributed by atoms with Crippen molar-refractivity contribution in [3.05, 3.63) is 28.2 Å². The molecule has 1 N–H and O–H groups in total. The summed E-state index contributed by atoms with van der Waals surface area (Å²) in [6, 6.07) is 5.27. The number of hydrogen-bond donors (Lipinski definition) is 1. The van der Waals surface area contributed by atoms with Gasteiger partial charge in [0.1, 0.15) is 0 Å². The molecule has 2 fully saturated rings. The van der Waals surface area contributed by atoms with Crippen LogP contribution in [0.2, 0.25) is 10.0 Å². The van der Waals surface area contributed by atoms with Crippen LogP contribution in [0.4, 0.5) is 5.69 Å². The zero-order valence-corrected chi connectivity index (χ0v) is 13.7. The number of rotatable bonds is 1. The number of hydrogen-bond acceptors (Lipinski definition) is 3. The van der Waals surface area contributed by atoms with E-state index in [2.05, 4.69) is 10.2 Å². The molecule has 0 radical (unpaired) electrons. The van der Waals surface area contributed by atoms with E-state index < -0.39 is 0 Å². The van der Waals surface area contributed by atoms with Gasteiger partial charge in [0.2, 0.25) is 0 Å². The van der Waals surface area contributed by atoms with Gasteiger partial charge >= 0.3 is 0 Å². The normalized spacial score (nSPS) is 20.8. The SMILES string of the molecule is S=C(Nc1cc(Cl)ccc1Cl)N1CCC2(CC1)OCCO2. The van der Waals surface area contributed by atoms with Gasteiger partial charge in [-0.1, -0.05) is 23.2 Å². The molecule has 7 heteroatoms. The minimum absolute atomic E-state index is 0.389. The maximum absolute atomic E-state index is 6.14. The first-order valence-electron chi connectivity index (χ1n) is 6.87. The smallest absolute Gasteiger partial charge is 0.173 e. The van der Waals surface area contributed by atoms with E-state index in [4.69, 9.17) is 44.9 Å². The standard InChI is InChI=1S/C14H16Cl2N2O2S/c15-10-1-2-11(16)12(9-10)17-13(21)18-5-3-14(4-6-18)19-7-8-20-14/h1-2,9H,3-8H2,(H,17,21). The van der Waals surface area contributed by atoms with Crippen molar-refractivity contribution >= 4 is 46.2 Å². The molecular weight excluding hydrogens is 331 g/mol. The van der Waals surface area contributed by atoms with Crippen LogP contribution in [0.15, 0.2) is 18.2 Å². The number of nitrogens with one attached hydrogen (secondary N) is 1. The van der Waals surface area contributed by atoms with Crippen LogP contribution >= 0.6 is 35.4 Å². The highest BCUT2D eigenvalue weighted by Gasteiger charge is 2.40. The van der Waals surface area contributed by atoms with Crippen molar-refractivity contribution in [2.45, 2.75) is 18.6 Å². The molecule has 2 saturated heterocycles. The Morgan fingerprint density at radius 1 is 1.19 bits per heavy atom. The van der Waals surface area contributed by atoms with Crippen molar-refractivity contribution in [3.8, 4) is 0 Å². The molecule has 2 heterocycles. The Bertz CT molecular complexity index is 540. The van der Waals surface area contributed by atoms with E-state index in [0.717, 1.165) is 31.6 Å². The highest BCUT2D eigenvalue weighted by molar-refractivity contribution is 7.80. The summed E-state index contributed by atoms with van der Waals surface area (Å²) in [4.78, 5) is 2.10. The van der Waals surface area contributed by atoms with Gasteiger partial charge in [-0.15, -0.1) is 0 Å². The molecule has 0 unspecified atom stereocenters. The molecule has 2 aliphatic heterocycles. The second-order valence-corrected chi connectivity index (χ2v) is 6.38. The third-order valence-electron chi connectivity index (χ3n) is 3.80. The van der Waals surface area contributed by atoms with Crippen molar-refractivity contribution in [3.63, 3.8) is 0 Å². The lowest BCUT2D eigenvalue weighted by Crippen LogP contribution is -2.48. The minimum Gasteiger partial charge on any atom is -0.349 e. The van der Waals surface area contributed by atoms with Gasteiger partial charge in [-0.25, -0.2) is 0 Å². The van der Waals surface area contributed by atoms with Crippen molar-refractivity contribution in [1.29, 1.82) is 0 Å². The summed E-state index contributed by atoms with van der Waals surface area (Å²) in [6.45, 7) is 2.95. The van der Waals surface area contributed by atoms with Gasteiger partial charge < -0.3 is 19.7 Å². The van der Waals surface area contributed by atoms with E-state index in [0.29, 0.717) is 28.4 Å². The second kappa shape index (κ2) is 6.26. The summed E-state index contributed by atoms with van der Waals surface area (Å²) in [6.07, 6.45) is 1.64. The fourth-order valence-electron chi connectivity index (χ4n) is 2.62. The van der Waals surface area contributed by atoms with Crippen molar-refractivity contribution in [2.75, 3.05) is 31.6 Å². The molecule has 114 valence electrons. The van der Waals surface area contributed by atoms with E-state index in [1.807, 2.05) is 0 Å². The Hall–Kier alpha value is -0.590. The predicted molar refractivity (Wildman–Crippen MR) is 88.1 cm³/mol. The summed E-state index contributed by atoms with van der Waals surface area (Å²) in [5.74, 6) is -0.389. The molecule has 1 aromatic carbocycles. The number of benzene rings is 1. The number of thiocarbonyl (C=S) groups is 1. The molecule has 0 atom stereocenters. The summed E-state index contributed by atoms with van der Waals surface area (Å²) in [7, 11) is 0. The second-order valence-electron chi connectivity index (χ2n) is 5.15. The quantitative estimate of drug-likeness (QED) is 0.786. The fourth-order valence-corrected chi connectivity index (χ4v) is 3.25. The maximum Gasteiger partial charge on any atom is 0.173 e. The number of anilines is 1. The van der Waals surface area contributed by atoms with E-state index in [1.54, 1.807) is 18.2 Å². The molecule has 0 aromatic heterocycles. The lowest BCUT2D eigenvalue weighted by molar-refractivity contribution is -0.180. The van der Waals surface area contributed by atoms with Gasteiger partial charge in [-0.05, 0) is 30.4 Å². The zero-order valence-electron chi connectivity index (χ0n) is 11.4. The monoisotopic (exact) mass is 346 g/mol. The van der Waals surface area contributed by atoms with Gasteiger partial charge in [-0.2, -0.15) is 0 Å². The summed E-state index contributed by atoms with van der Waals surface area (Å²) < 4.78 is 11.4. The lowest BCUT2D eigenvalue weighted by atomic mass is 10.0. The molecule has 3 rings (SSSR count). The van der Waals surface area contributed by atoms with E-state index >= 15 is 0 Å². The average Bonchev–Trinajstić information content (AvgIpc) is 2.92. The highest BCUT2D eigenvalue weighted by Crippen LogP contribution is 2.32. The lowest BCUT2D eigenvalue weighted by Gasteiger charge is -2.38. The molecular formula is C14H16Cl2N2O2S. The number of ether oxygens (including phenoxy) is 2.